The summed E-state index contributed by atoms with van der Waals surface area (Å²) in [7, 11) is 0. The van der Waals surface area contributed by atoms with Crippen LogP contribution >= 0.6 is 0 Å². The van der Waals surface area contributed by atoms with E-state index < -0.39 is 0 Å². The van der Waals surface area contributed by atoms with Crippen molar-refractivity contribution in [1.82, 2.24) is 15.1 Å². The Morgan fingerprint density at radius 3 is 2.89 bits per heavy atom. The van der Waals surface area contributed by atoms with Crippen molar-refractivity contribution in [3.05, 3.63) is 17.5 Å². The molecule has 0 bridgehead atoms. The standard InChI is InChI=1S/C14H23N3O/c1-10-3-6-14(18-10)9-17-11(2)12(8-16-17)7-15-13-4-5-13/h8,10,13-15H,3-7,9H2,1-2H3. The average Bonchev–Trinajstić information content (AvgIpc) is 3.01. The highest BCUT2D eigenvalue weighted by Gasteiger charge is 2.24. The minimum Gasteiger partial charge on any atom is -0.373 e. The van der Waals surface area contributed by atoms with Gasteiger partial charge >= 0.3 is 0 Å². The third kappa shape index (κ3) is 2.75. The van der Waals surface area contributed by atoms with E-state index in [1.54, 1.807) is 0 Å². The zero-order valence-corrected chi connectivity index (χ0v) is 11.4. The molecule has 18 heavy (non-hydrogen) atoms. The number of ether oxygens (including phenoxy) is 1. The third-order valence-corrected chi connectivity index (χ3v) is 4.06. The van der Waals surface area contributed by atoms with E-state index in [9.17, 15) is 0 Å². The third-order valence-electron chi connectivity index (χ3n) is 4.06. The lowest BCUT2D eigenvalue weighted by molar-refractivity contribution is 0.0433. The first-order chi connectivity index (χ1) is 8.72. The lowest BCUT2D eigenvalue weighted by Crippen LogP contribution is -2.19. The van der Waals surface area contributed by atoms with Crippen molar-refractivity contribution in [1.29, 1.82) is 0 Å². The Morgan fingerprint density at radius 1 is 1.39 bits per heavy atom. The molecule has 1 aromatic rings. The van der Waals surface area contributed by atoms with Crippen LogP contribution < -0.4 is 5.32 Å². The second-order valence-electron chi connectivity index (χ2n) is 5.74. The van der Waals surface area contributed by atoms with E-state index in [0.29, 0.717) is 12.2 Å². The van der Waals surface area contributed by atoms with E-state index in [0.717, 1.165) is 25.6 Å². The summed E-state index contributed by atoms with van der Waals surface area (Å²) >= 11 is 0. The molecule has 0 amide bonds. The van der Waals surface area contributed by atoms with Crippen LogP contribution in [-0.2, 0) is 17.8 Å². The molecule has 1 aliphatic carbocycles. The van der Waals surface area contributed by atoms with Gasteiger partial charge in [0.25, 0.3) is 0 Å². The van der Waals surface area contributed by atoms with Crippen LogP contribution in [0.1, 0.15) is 43.9 Å². The molecule has 4 heteroatoms. The molecule has 1 aliphatic heterocycles. The number of nitrogens with one attached hydrogen (secondary N) is 1. The van der Waals surface area contributed by atoms with Gasteiger partial charge in [-0.05, 0) is 39.5 Å². The Kier molecular flexibility index (Phi) is 3.39. The molecule has 1 N–H and O–H groups in total. The Balaban J connectivity index is 1.58. The normalized spacial score (nSPS) is 27.9. The van der Waals surface area contributed by atoms with Crippen molar-refractivity contribution in [3.63, 3.8) is 0 Å². The highest BCUT2D eigenvalue weighted by Crippen LogP contribution is 2.22. The highest BCUT2D eigenvalue weighted by molar-refractivity contribution is 5.16. The zero-order valence-electron chi connectivity index (χ0n) is 11.4. The zero-order chi connectivity index (χ0) is 12.5. The summed E-state index contributed by atoms with van der Waals surface area (Å²) in [5.41, 5.74) is 2.61. The summed E-state index contributed by atoms with van der Waals surface area (Å²) < 4.78 is 7.96. The molecule has 3 rings (SSSR count). The number of hydrogen-bond donors (Lipinski definition) is 1. The monoisotopic (exact) mass is 249 g/mol. The first kappa shape index (κ1) is 12.2. The first-order valence-corrected chi connectivity index (χ1v) is 7.12. The van der Waals surface area contributed by atoms with Crippen LogP contribution in [0.4, 0.5) is 0 Å². The lowest BCUT2D eigenvalue weighted by atomic mass is 10.2. The van der Waals surface area contributed by atoms with Crippen LogP contribution in [0.5, 0.6) is 0 Å². The van der Waals surface area contributed by atoms with Gasteiger partial charge in [-0.15, -0.1) is 0 Å². The Hall–Kier alpha value is -0.870. The fourth-order valence-corrected chi connectivity index (χ4v) is 2.60. The number of hydrogen-bond acceptors (Lipinski definition) is 3. The van der Waals surface area contributed by atoms with Crippen LogP contribution in [-0.4, -0.2) is 28.0 Å². The summed E-state index contributed by atoms with van der Waals surface area (Å²) in [6, 6.07) is 0.756. The van der Waals surface area contributed by atoms with Gasteiger partial charge in [-0.2, -0.15) is 5.10 Å². The van der Waals surface area contributed by atoms with Crippen molar-refractivity contribution < 1.29 is 4.74 Å². The fourth-order valence-electron chi connectivity index (χ4n) is 2.60. The Labute approximate surface area is 109 Å². The van der Waals surface area contributed by atoms with Crippen molar-refractivity contribution in [2.75, 3.05) is 0 Å². The molecule has 2 heterocycles. The number of nitrogens with zero attached hydrogens (tertiary/aromatic N) is 2. The largest absolute Gasteiger partial charge is 0.373 e. The highest BCUT2D eigenvalue weighted by atomic mass is 16.5. The van der Waals surface area contributed by atoms with Crippen LogP contribution in [0.3, 0.4) is 0 Å². The Bertz CT molecular complexity index is 411. The molecule has 0 radical (unpaired) electrons. The van der Waals surface area contributed by atoms with E-state index in [4.69, 9.17) is 4.74 Å². The van der Waals surface area contributed by atoms with Crippen LogP contribution in [0.2, 0.25) is 0 Å². The molecule has 2 unspecified atom stereocenters. The topological polar surface area (TPSA) is 39.1 Å². The van der Waals surface area contributed by atoms with Gasteiger partial charge in [-0.1, -0.05) is 0 Å². The van der Waals surface area contributed by atoms with Gasteiger partial charge in [0.2, 0.25) is 0 Å². The molecule has 1 saturated heterocycles. The number of aromatic nitrogens is 2. The molecule has 2 aliphatic rings. The summed E-state index contributed by atoms with van der Waals surface area (Å²) in [6.07, 6.45) is 7.78. The van der Waals surface area contributed by atoms with Gasteiger partial charge in [-0.25, -0.2) is 0 Å². The predicted octanol–water partition coefficient (Wildman–Crippen LogP) is 2.01. The van der Waals surface area contributed by atoms with Crippen molar-refractivity contribution in [3.8, 4) is 0 Å². The van der Waals surface area contributed by atoms with Crippen molar-refractivity contribution in [2.24, 2.45) is 0 Å². The SMILES string of the molecule is Cc1c(CNC2CC2)cnn1CC1CCC(C)O1. The smallest absolute Gasteiger partial charge is 0.0775 e. The van der Waals surface area contributed by atoms with E-state index >= 15 is 0 Å². The van der Waals surface area contributed by atoms with Gasteiger partial charge in [-0.3, -0.25) is 4.68 Å². The quantitative estimate of drug-likeness (QED) is 0.867. The fraction of sp³-hybridized carbons (Fsp3) is 0.786. The van der Waals surface area contributed by atoms with E-state index in [2.05, 4.69) is 28.9 Å². The van der Waals surface area contributed by atoms with Crippen LogP contribution in [0.25, 0.3) is 0 Å². The minimum atomic E-state index is 0.350. The minimum absolute atomic E-state index is 0.350. The van der Waals surface area contributed by atoms with Gasteiger partial charge in [0.15, 0.2) is 0 Å². The molecular weight excluding hydrogens is 226 g/mol. The van der Waals surface area contributed by atoms with Gasteiger partial charge in [0.1, 0.15) is 0 Å². The summed E-state index contributed by atoms with van der Waals surface area (Å²) in [6.45, 7) is 6.17. The number of rotatable bonds is 5. The summed E-state index contributed by atoms with van der Waals surface area (Å²) in [4.78, 5) is 0. The molecule has 1 aromatic heterocycles. The maximum Gasteiger partial charge on any atom is 0.0775 e. The molecule has 100 valence electrons. The summed E-state index contributed by atoms with van der Waals surface area (Å²) in [5, 5.41) is 8.04. The first-order valence-electron chi connectivity index (χ1n) is 7.12. The molecule has 0 spiro atoms. The Morgan fingerprint density at radius 2 is 2.22 bits per heavy atom. The second-order valence-corrected chi connectivity index (χ2v) is 5.74. The molecule has 2 atom stereocenters. The van der Waals surface area contributed by atoms with Gasteiger partial charge < -0.3 is 10.1 Å². The van der Waals surface area contributed by atoms with E-state index in [-0.39, 0.29) is 0 Å². The van der Waals surface area contributed by atoms with Gasteiger partial charge in [0.05, 0.1) is 24.9 Å². The van der Waals surface area contributed by atoms with Crippen molar-refractivity contribution >= 4 is 0 Å². The summed E-state index contributed by atoms with van der Waals surface area (Å²) in [5.74, 6) is 0. The van der Waals surface area contributed by atoms with Gasteiger partial charge in [0, 0.05) is 23.8 Å². The van der Waals surface area contributed by atoms with E-state index in [1.807, 2.05) is 6.20 Å². The molecule has 1 saturated carbocycles. The van der Waals surface area contributed by atoms with Crippen LogP contribution in [0.15, 0.2) is 6.20 Å². The maximum absolute atomic E-state index is 5.86. The molecule has 2 fully saturated rings. The lowest BCUT2D eigenvalue weighted by Gasteiger charge is -2.12. The van der Waals surface area contributed by atoms with E-state index in [1.165, 1.54) is 30.5 Å². The maximum atomic E-state index is 5.86. The average molecular weight is 249 g/mol. The predicted molar refractivity (Wildman–Crippen MR) is 70.4 cm³/mol. The molecule has 0 aromatic carbocycles. The second kappa shape index (κ2) is 5.02. The van der Waals surface area contributed by atoms with Crippen molar-refractivity contribution in [2.45, 2.75) is 70.9 Å². The molecular formula is C14H23N3O. The van der Waals surface area contributed by atoms with Crippen LogP contribution in [0, 0.1) is 6.92 Å². The molecule has 4 nitrogen and oxygen atoms in total.